The molecular weight excluding hydrogens is 412 g/mol. The van der Waals surface area contributed by atoms with E-state index in [1.54, 1.807) is 12.1 Å². The fourth-order valence-electron chi connectivity index (χ4n) is 2.27. The third-order valence-electron chi connectivity index (χ3n) is 3.23. The fraction of sp³-hybridized carbons (Fsp3) is 0.417. The van der Waals surface area contributed by atoms with Crippen LogP contribution in [0.1, 0.15) is 12.8 Å². The topological polar surface area (TPSA) is 66.5 Å². The van der Waals surface area contributed by atoms with Gasteiger partial charge in [0.1, 0.15) is 6.04 Å². The van der Waals surface area contributed by atoms with Crippen molar-refractivity contribution in [3.8, 4) is 0 Å². The molecule has 1 aliphatic rings. The minimum absolute atomic E-state index is 0.177. The van der Waals surface area contributed by atoms with Gasteiger partial charge in [0.15, 0.2) is 0 Å². The Kier molecular flexibility index (Phi) is 4.88. The Hall–Kier alpha value is -0.440. The average molecular weight is 426 g/mol. The van der Waals surface area contributed by atoms with Crippen molar-refractivity contribution in [2.75, 3.05) is 13.6 Å². The molecule has 1 atom stereocenters. The second-order valence-corrected chi connectivity index (χ2v) is 8.09. The van der Waals surface area contributed by atoms with Crippen molar-refractivity contribution in [1.82, 2.24) is 9.62 Å². The summed E-state index contributed by atoms with van der Waals surface area (Å²) in [5.41, 5.74) is 0. The van der Waals surface area contributed by atoms with Gasteiger partial charge in [0.05, 0.1) is 4.90 Å². The summed E-state index contributed by atoms with van der Waals surface area (Å²) in [6.07, 6.45) is 1.23. The summed E-state index contributed by atoms with van der Waals surface area (Å²) in [5.74, 6) is -0.265. The lowest BCUT2D eigenvalue weighted by molar-refractivity contribution is -0.123. The molecule has 1 aromatic carbocycles. The number of carbonyl (C=O) groups is 1. The molecule has 0 radical (unpaired) electrons. The first-order chi connectivity index (χ1) is 9.37. The molecule has 1 aromatic rings. The summed E-state index contributed by atoms with van der Waals surface area (Å²) in [6.45, 7) is 0.364. The van der Waals surface area contributed by atoms with E-state index in [1.165, 1.54) is 17.4 Å². The number of halogens is 2. The number of hydrogen-bond acceptors (Lipinski definition) is 3. The molecule has 1 fully saturated rings. The molecule has 0 saturated carbocycles. The standard InChI is InChI=1S/C12H14Br2N2O3S/c1-15-12(17)10-3-2-6-16(10)20(18,19)11-5-4-8(13)7-9(11)14/h4-5,7,10H,2-3,6H2,1H3,(H,15,17). The van der Waals surface area contributed by atoms with E-state index in [0.29, 0.717) is 23.9 Å². The van der Waals surface area contributed by atoms with Crippen LogP contribution in [0.3, 0.4) is 0 Å². The van der Waals surface area contributed by atoms with Gasteiger partial charge >= 0.3 is 0 Å². The number of sulfonamides is 1. The Balaban J connectivity index is 2.41. The molecule has 5 nitrogen and oxygen atoms in total. The van der Waals surface area contributed by atoms with Crippen molar-refractivity contribution < 1.29 is 13.2 Å². The van der Waals surface area contributed by atoms with E-state index in [1.807, 2.05) is 0 Å². The molecule has 110 valence electrons. The van der Waals surface area contributed by atoms with Crippen LogP contribution >= 0.6 is 31.9 Å². The van der Waals surface area contributed by atoms with Gasteiger partial charge in [0, 0.05) is 22.5 Å². The smallest absolute Gasteiger partial charge is 0.244 e. The zero-order valence-corrected chi connectivity index (χ0v) is 14.8. The maximum atomic E-state index is 12.7. The van der Waals surface area contributed by atoms with Crippen molar-refractivity contribution in [2.45, 2.75) is 23.8 Å². The van der Waals surface area contributed by atoms with Crippen LogP contribution in [0.2, 0.25) is 0 Å². The first kappa shape index (κ1) is 15.9. The zero-order chi connectivity index (χ0) is 14.9. The maximum Gasteiger partial charge on any atom is 0.244 e. The van der Waals surface area contributed by atoms with Gasteiger partial charge in [-0.2, -0.15) is 4.31 Å². The molecule has 2 rings (SSSR count). The highest BCUT2D eigenvalue weighted by atomic mass is 79.9. The molecule has 0 aliphatic carbocycles. The Labute approximate surface area is 135 Å². The van der Waals surface area contributed by atoms with Crippen molar-refractivity contribution in [1.29, 1.82) is 0 Å². The van der Waals surface area contributed by atoms with Gasteiger partial charge in [0.2, 0.25) is 15.9 Å². The molecule has 0 bridgehead atoms. The van der Waals surface area contributed by atoms with Gasteiger partial charge in [0.25, 0.3) is 0 Å². The number of amides is 1. The molecule has 8 heteroatoms. The Bertz CT molecular complexity index is 634. The van der Waals surface area contributed by atoms with Gasteiger partial charge in [-0.3, -0.25) is 4.79 Å². The van der Waals surface area contributed by atoms with Crippen LogP contribution in [0.5, 0.6) is 0 Å². The van der Waals surface area contributed by atoms with Gasteiger partial charge in [-0.05, 0) is 47.0 Å². The average Bonchev–Trinajstić information content (AvgIpc) is 2.87. The molecule has 0 aromatic heterocycles. The fourth-order valence-corrected chi connectivity index (χ4v) is 5.63. The molecule has 0 spiro atoms. The molecule has 1 amide bonds. The Morgan fingerprint density at radius 1 is 1.40 bits per heavy atom. The summed E-state index contributed by atoms with van der Waals surface area (Å²) in [7, 11) is -2.17. The zero-order valence-electron chi connectivity index (χ0n) is 10.8. The number of carbonyl (C=O) groups excluding carboxylic acids is 1. The quantitative estimate of drug-likeness (QED) is 0.806. The predicted molar refractivity (Wildman–Crippen MR) is 82.8 cm³/mol. The Morgan fingerprint density at radius 3 is 2.70 bits per heavy atom. The van der Waals surface area contributed by atoms with Crippen LogP contribution in [-0.2, 0) is 14.8 Å². The van der Waals surface area contributed by atoms with Crippen molar-refractivity contribution in [3.63, 3.8) is 0 Å². The lowest BCUT2D eigenvalue weighted by Crippen LogP contribution is -2.44. The summed E-state index contributed by atoms with van der Waals surface area (Å²) in [5, 5.41) is 2.52. The summed E-state index contributed by atoms with van der Waals surface area (Å²) in [6, 6.07) is 4.25. The van der Waals surface area contributed by atoms with E-state index < -0.39 is 16.1 Å². The molecule has 1 saturated heterocycles. The van der Waals surface area contributed by atoms with Crippen LogP contribution in [0.4, 0.5) is 0 Å². The van der Waals surface area contributed by atoms with Crippen LogP contribution in [0.25, 0.3) is 0 Å². The molecule has 1 N–H and O–H groups in total. The third-order valence-corrected chi connectivity index (χ3v) is 6.61. The predicted octanol–water partition coefficient (Wildman–Crippen LogP) is 2.11. The van der Waals surface area contributed by atoms with E-state index in [9.17, 15) is 13.2 Å². The molecule has 20 heavy (non-hydrogen) atoms. The highest BCUT2D eigenvalue weighted by Gasteiger charge is 2.39. The largest absolute Gasteiger partial charge is 0.358 e. The van der Waals surface area contributed by atoms with E-state index >= 15 is 0 Å². The van der Waals surface area contributed by atoms with E-state index in [2.05, 4.69) is 37.2 Å². The van der Waals surface area contributed by atoms with Crippen molar-refractivity contribution in [3.05, 3.63) is 27.1 Å². The highest BCUT2D eigenvalue weighted by Crippen LogP contribution is 2.32. The normalized spacial score (nSPS) is 20.1. The monoisotopic (exact) mass is 424 g/mol. The number of likely N-dealkylation sites (N-methyl/N-ethyl adjacent to an activating group) is 1. The summed E-state index contributed by atoms with van der Waals surface area (Å²) < 4.78 is 27.9. The number of benzene rings is 1. The lowest BCUT2D eigenvalue weighted by Gasteiger charge is -2.23. The first-order valence-electron chi connectivity index (χ1n) is 6.06. The minimum atomic E-state index is -3.69. The van der Waals surface area contributed by atoms with Gasteiger partial charge in [-0.15, -0.1) is 0 Å². The lowest BCUT2D eigenvalue weighted by atomic mass is 10.2. The molecule has 1 unspecified atom stereocenters. The second-order valence-electron chi connectivity index (χ2n) is 4.46. The van der Waals surface area contributed by atoms with E-state index in [0.717, 1.165) is 4.47 Å². The second kappa shape index (κ2) is 6.13. The highest BCUT2D eigenvalue weighted by molar-refractivity contribution is 9.11. The van der Waals surface area contributed by atoms with Gasteiger partial charge in [-0.1, -0.05) is 15.9 Å². The number of rotatable bonds is 3. The van der Waals surface area contributed by atoms with Crippen LogP contribution in [-0.4, -0.2) is 38.3 Å². The molecule has 1 aliphatic heterocycles. The third kappa shape index (κ3) is 2.93. The Morgan fingerprint density at radius 2 is 2.10 bits per heavy atom. The summed E-state index contributed by atoms with van der Waals surface area (Å²) >= 11 is 6.56. The molecule has 1 heterocycles. The maximum absolute atomic E-state index is 12.7. The summed E-state index contributed by atoms with van der Waals surface area (Å²) in [4.78, 5) is 12.0. The number of nitrogens with one attached hydrogen (secondary N) is 1. The van der Waals surface area contributed by atoms with Crippen molar-refractivity contribution >= 4 is 47.8 Å². The minimum Gasteiger partial charge on any atom is -0.358 e. The first-order valence-corrected chi connectivity index (χ1v) is 9.09. The van der Waals surface area contributed by atoms with Crippen LogP contribution in [0.15, 0.2) is 32.0 Å². The van der Waals surface area contributed by atoms with Crippen molar-refractivity contribution in [2.24, 2.45) is 0 Å². The number of nitrogens with zero attached hydrogens (tertiary/aromatic N) is 1. The van der Waals surface area contributed by atoms with E-state index in [4.69, 9.17) is 0 Å². The molecular formula is C12H14Br2N2O3S. The SMILES string of the molecule is CNC(=O)C1CCCN1S(=O)(=O)c1ccc(Br)cc1Br. The van der Waals surface area contributed by atoms with Crippen LogP contribution < -0.4 is 5.32 Å². The van der Waals surface area contributed by atoms with Crippen LogP contribution in [0, 0.1) is 0 Å². The van der Waals surface area contributed by atoms with E-state index in [-0.39, 0.29) is 10.8 Å². The number of hydrogen-bond donors (Lipinski definition) is 1. The van der Waals surface area contributed by atoms with Gasteiger partial charge < -0.3 is 5.32 Å². The van der Waals surface area contributed by atoms with Gasteiger partial charge in [-0.25, -0.2) is 8.42 Å².